The number of hydrogen-bond donors (Lipinski definition) is 1. The van der Waals surface area contributed by atoms with Crippen LogP contribution in [0.3, 0.4) is 0 Å². The van der Waals surface area contributed by atoms with Crippen molar-refractivity contribution < 1.29 is 4.79 Å². The van der Waals surface area contributed by atoms with Crippen molar-refractivity contribution in [3.8, 4) is 11.1 Å². The second-order valence-corrected chi connectivity index (χ2v) is 8.50. The number of nitrogens with two attached hydrogens (primary N) is 1. The van der Waals surface area contributed by atoms with Gasteiger partial charge in [0.15, 0.2) is 0 Å². The van der Waals surface area contributed by atoms with E-state index in [1.54, 1.807) is 17.7 Å². The number of amides is 1. The van der Waals surface area contributed by atoms with Crippen molar-refractivity contribution in [1.29, 1.82) is 0 Å². The number of hydrogen-bond acceptors (Lipinski definition) is 5. The van der Waals surface area contributed by atoms with E-state index >= 15 is 0 Å². The van der Waals surface area contributed by atoms with Gasteiger partial charge >= 0.3 is 0 Å². The predicted molar refractivity (Wildman–Crippen MR) is 106 cm³/mol. The Morgan fingerprint density at radius 1 is 1.24 bits per heavy atom. The summed E-state index contributed by atoms with van der Waals surface area (Å²) in [6.07, 6.45) is 2.24. The van der Waals surface area contributed by atoms with E-state index < -0.39 is 0 Å². The van der Waals surface area contributed by atoms with Crippen molar-refractivity contribution in [3.05, 3.63) is 40.5 Å². The van der Waals surface area contributed by atoms with E-state index in [-0.39, 0.29) is 11.2 Å². The molecule has 0 aliphatic heterocycles. The molecule has 2 heterocycles. The van der Waals surface area contributed by atoms with Crippen LogP contribution in [-0.4, -0.2) is 21.1 Å². The molecule has 6 heteroatoms. The number of carbonyl (C=O) groups is 1. The molecule has 1 amide bonds. The highest BCUT2D eigenvalue weighted by atomic mass is 32.2. The second-order valence-electron chi connectivity index (χ2n) is 6.11. The number of aromatic nitrogens is 2. The molecule has 1 aromatic carbocycles. The van der Waals surface area contributed by atoms with E-state index in [0.717, 1.165) is 26.4 Å². The van der Waals surface area contributed by atoms with Crippen molar-refractivity contribution in [3.63, 3.8) is 0 Å². The first kappa shape index (κ1) is 17.9. The van der Waals surface area contributed by atoms with Crippen LogP contribution in [-0.2, 0) is 4.79 Å². The van der Waals surface area contributed by atoms with E-state index in [2.05, 4.69) is 48.9 Å². The Balaban J connectivity index is 2.20. The summed E-state index contributed by atoms with van der Waals surface area (Å²) < 4.78 is 0. The van der Waals surface area contributed by atoms with Crippen molar-refractivity contribution in [2.75, 3.05) is 0 Å². The molecule has 0 saturated carbocycles. The standard InChI is InChI=1S/C19H21N3OS2/c1-5-14(17(20)23)25-19-16-15(12(4)24-18(16)21-9-22-19)13-7-6-10(2)11(3)8-13/h6-9,14H,5H2,1-4H3,(H2,20,23). The number of carbonyl (C=O) groups excluding carboxylic acids is 1. The van der Waals surface area contributed by atoms with Gasteiger partial charge in [0, 0.05) is 10.4 Å². The zero-order valence-corrected chi connectivity index (χ0v) is 16.4. The summed E-state index contributed by atoms with van der Waals surface area (Å²) in [4.78, 5) is 22.7. The first-order valence-corrected chi connectivity index (χ1v) is 9.89. The van der Waals surface area contributed by atoms with E-state index in [4.69, 9.17) is 5.73 Å². The highest BCUT2D eigenvalue weighted by Crippen LogP contribution is 2.42. The Morgan fingerprint density at radius 2 is 2.00 bits per heavy atom. The van der Waals surface area contributed by atoms with Crippen LogP contribution in [0.2, 0.25) is 0 Å². The summed E-state index contributed by atoms with van der Waals surface area (Å²) in [6.45, 7) is 8.30. The Hall–Kier alpha value is -1.92. The Labute approximate surface area is 155 Å². The monoisotopic (exact) mass is 371 g/mol. The number of aryl methyl sites for hydroxylation is 3. The van der Waals surface area contributed by atoms with Crippen LogP contribution in [0.1, 0.15) is 29.3 Å². The van der Waals surface area contributed by atoms with E-state index in [9.17, 15) is 4.79 Å². The average Bonchev–Trinajstić information content (AvgIpc) is 2.91. The smallest absolute Gasteiger partial charge is 0.230 e. The van der Waals surface area contributed by atoms with Crippen LogP contribution < -0.4 is 5.73 Å². The fraction of sp³-hybridized carbons (Fsp3) is 0.316. The number of benzene rings is 1. The second kappa shape index (κ2) is 7.14. The van der Waals surface area contributed by atoms with Gasteiger partial charge < -0.3 is 5.73 Å². The summed E-state index contributed by atoms with van der Waals surface area (Å²) in [5, 5.41) is 1.57. The van der Waals surface area contributed by atoms with Gasteiger partial charge in [0.1, 0.15) is 16.2 Å². The molecule has 25 heavy (non-hydrogen) atoms. The van der Waals surface area contributed by atoms with Gasteiger partial charge in [-0.05, 0) is 43.9 Å². The topological polar surface area (TPSA) is 68.9 Å². The van der Waals surface area contributed by atoms with Crippen LogP contribution in [0, 0.1) is 20.8 Å². The van der Waals surface area contributed by atoms with Gasteiger partial charge in [-0.15, -0.1) is 11.3 Å². The zero-order valence-electron chi connectivity index (χ0n) is 14.8. The molecule has 3 aromatic rings. The van der Waals surface area contributed by atoms with Gasteiger partial charge in [-0.1, -0.05) is 36.9 Å². The molecule has 3 rings (SSSR count). The van der Waals surface area contributed by atoms with Crippen molar-refractivity contribution in [2.45, 2.75) is 44.4 Å². The van der Waals surface area contributed by atoms with Gasteiger partial charge in [0.25, 0.3) is 0 Å². The molecule has 0 fully saturated rings. The molecule has 1 unspecified atom stereocenters. The number of primary amides is 1. The summed E-state index contributed by atoms with van der Waals surface area (Å²) in [5.74, 6) is -0.307. The lowest BCUT2D eigenvalue weighted by Crippen LogP contribution is -2.24. The minimum absolute atomic E-state index is 0.286. The molecule has 2 N–H and O–H groups in total. The molecule has 0 spiro atoms. The highest BCUT2D eigenvalue weighted by molar-refractivity contribution is 8.00. The maximum Gasteiger partial charge on any atom is 0.230 e. The number of rotatable bonds is 5. The molecule has 0 aliphatic rings. The predicted octanol–water partition coefficient (Wildman–Crippen LogP) is 4.64. The van der Waals surface area contributed by atoms with Gasteiger partial charge in [-0.3, -0.25) is 4.79 Å². The number of nitrogens with zero attached hydrogens (tertiary/aromatic N) is 2. The fourth-order valence-corrected chi connectivity index (χ4v) is 4.88. The molecule has 0 radical (unpaired) electrons. The van der Waals surface area contributed by atoms with E-state index in [0.29, 0.717) is 6.42 Å². The lowest BCUT2D eigenvalue weighted by atomic mass is 9.99. The minimum Gasteiger partial charge on any atom is -0.369 e. The van der Waals surface area contributed by atoms with Gasteiger partial charge in [-0.25, -0.2) is 9.97 Å². The quantitative estimate of drug-likeness (QED) is 0.524. The van der Waals surface area contributed by atoms with Gasteiger partial charge in [-0.2, -0.15) is 0 Å². The molecule has 0 bridgehead atoms. The maximum atomic E-state index is 11.7. The van der Waals surface area contributed by atoms with E-state index in [1.807, 2.05) is 6.92 Å². The first-order valence-electron chi connectivity index (χ1n) is 8.20. The normalized spacial score (nSPS) is 12.5. The third-order valence-corrected chi connectivity index (χ3v) is 6.76. The van der Waals surface area contributed by atoms with Crippen LogP contribution >= 0.6 is 23.1 Å². The minimum atomic E-state index is -0.307. The molecule has 2 aromatic heterocycles. The lowest BCUT2D eigenvalue weighted by molar-refractivity contribution is -0.117. The first-order chi connectivity index (χ1) is 11.9. The largest absolute Gasteiger partial charge is 0.369 e. The number of fused-ring (bicyclic) bond motifs is 1. The van der Waals surface area contributed by atoms with Crippen LogP contribution in [0.25, 0.3) is 21.3 Å². The third kappa shape index (κ3) is 3.41. The average molecular weight is 372 g/mol. The Morgan fingerprint density at radius 3 is 2.64 bits per heavy atom. The van der Waals surface area contributed by atoms with E-state index in [1.165, 1.54) is 27.8 Å². The summed E-state index contributed by atoms with van der Waals surface area (Å²) in [5.41, 5.74) is 10.4. The SMILES string of the molecule is CCC(Sc1ncnc2sc(C)c(-c3ccc(C)c(C)c3)c12)C(N)=O. The van der Waals surface area contributed by atoms with Gasteiger partial charge in [0.2, 0.25) is 5.91 Å². The fourth-order valence-electron chi connectivity index (χ4n) is 2.83. The molecule has 4 nitrogen and oxygen atoms in total. The zero-order chi connectivity index (χ0) is 18.1. The summed E-state index contributed by atoms with van der Waals surface area (Å²) >= 11 is 3.10. The van der Waals surface area contributed by atoms with Crippen molar-refractivity contribution in [1.82, 2.24) is 9.97 Å². The molecule has 1 atom stereocenters. The lowest BCUT2D eigenvalue weighted by Gasteiger charge is -2.12. The van der Waals surface area contributed by atoms with Crippen molar-refractivity contribution in [2.24, 2.45) is 5.73 Å². The van der Waals surface area contributed by atoms with Crippen molar-refractivity contribution >= 4 is 39.2 Å². The molecular formula is C19H21N3OS2. The van der Waals surface area contributed by atoms with Crippen LogP contribution in [0.5, 0.6) is 0 Å². The van der Waals surface area contributed by atoms with Crippen LogP contribution in [0.4, 0.5) is 0 Å². The molecule has 0 saturated heterocycles. The molecular weight excluding hydrogens is 350 g/mol. The summed E-state index contributed by atoms with van der Waals surface area (Å²) in [6, 6.07) is 6.49. The van der Waals surface area contributed by atoms with Crippen LogP contribution in [0.15, 0.2) is 29.6 Å². The Kier molecular flexibility index (Phi) is 5.11. The summed E-state index contributed by atoms with van der Waals surface area (Å²) in [7, 11) is 0. The highest BCUT2D eigenvalue weighted by Gasteiger charge is 2.21. The maximum absolute atomic E-state index is 11.7. The molecule has 0 aliphatic carbocycles. The number of thioether (sulfide) groups is 1. The number of thiophene rings is 1. The third-order valence-electron chi connectivity index (χ3n) is 4.37. The Bertz CT molecular complexity index is 949. The van der Waals surface area contributed by atoms with Gasteiger partial charge in [0.05, 0.1) is 10.6 Å². The molecule has 130 valence electrons.